The Hall–Kier alpha value is -2.55. The number of thioether (sulfide) groups is 1. The fourth-order valence-corrected chi connectivity index (χ4v) is 7.48. The first kappa shape index (κ1) is 27.5. The molecule has 2 aromatic rings. The van der Waals surface area contributed by atoms with Gasteiger partial charge in [-0.1, -0.05) is 0 Å². The number of rotatable bonds is 12. The van der Waals surface area contributed by atoms with Crippen molar-refractivity contribution in [2.75, 3.05) is 19.0 Å². The first-order chi connectivity index (χ1) is 17.9. The van der Waals surface area contributed by atoms with E-state index in [9.17, 15) is 14.4 Å². The van der Waals surface area contributed by atoms with Gasteiger partial charge in [-0.3, -0.25) is 0 Å². The van der Waals surface area contributed by atoms with Crippen molar-refractivity contribution in [3.63, 3.8) is 0 Å². The summed E-state index contributed by atoms with van der Waals surface area (Å²) >= 11 is 1.52. The van der Waals surface area contributed by atoms with E-state index in [0.29, 0.717) is 24.5 Å². The third kappa shape index (κ3) is 6.30. The van der Waals surface area contributed by atoms with Crippen LogP contribution in [-0.4, -0.2) is 52.9 Å². The minimum absolute atomic E-state index is 0.0789. The van der Waals surface area contributed by atoms with Gasteiger partial charge in [-0.05, 0) is 0 Å². The fourth-order valence-electron chi connectivity index (χ4n) is 4.47. The molecule has 2 atom stereocenters. The Bertz CT molecular complexity index is 1100. The Labute approximate surface area is 222 Å². The number of β-lactam (4-membered cyclic amide) rings is 1. The van der Waals surface area contributed by atoms with Gasteiger partial charge in [0.25, 0.3) is 0 Å². The second-order valence-electron chi connectivity index (χ2n) is 8.73. The molecule has 2 aliphatic heterocycles. The van der Waals surface area contributed by atoms with E-state index in [-0.39, 0.29) is 29.2 Å². The quantitative estimate of drug-likeness (QED) is 0.242. The number of benzene rings is 2. The third-order valence-electron chi connectivity index (χ3n) is 6.08. The van der Waals surface area contributed by atoms with Gasteiger partial charge < -0.3 is 0 Å². The normalized spacial score (nSPS) is 19.4. The van der Waals surface area contributed by atoms with Gasteiger partial charge in [0.15, 0.2) is 0 Å². The monoisotopic (exact) mass is 544 g/mol. The summed E-state index contributed by atoms with van der Waals surface area (Å²) in [6.45, 7) is 6.20. The first-order valence-electron chi connectivity index (χ1n) is 12.4. The molecule has 2 unspecified atom stereocenters. The number of hydrogen-bond donors (Lipinski definition) is 1. The van der Waals surface area contributed by atoms with Crippen LogP contribution in [-0.2, 0) is 28.2 Å². The summed E-state index contributed by atoms with van der Waals surface area (Å²) in [6, 6.07) is 18.4. The van der Waals surface area contributed by atoms with Crippen LogP contribution in [0.15, 0.2) is 71.9 Å². The predicted octanol–water partition coefficient (Wildman–Crippen LogP) is 4.19. The topological polar surface area (TPSA) is 94.2 Å². The van der Waals surface area contributed by atoms with Gasteiger partial charge in [-0.15, -0.1) is 0 Å². The summed E-state index contributed by atoms with van der Waals surface area (Å²) in [5.41, 5.74) is 2.40. The zero-order valence-electron chi connectivity index (χ0n) is 21.2. The second-order valence-corrected chi connectivity index (χ2v) is 11.5. The van der Waals surface area contributed by atoms with E-state index in [0.717, 1.165) is 11.1 Å². The molecule has 0 radical (unpaired) electrons. The zero-order chi connectivity index (χ0) is 26.4. The van der Waals surface area contributed by atoms with Crippen molar-refractivity contribution in [3.05, 3.63) is 83.1 Å². The molecule has 0 bridgehead atoms. The number of ketones is 1. The number of carbonyl (C=O) groups is 3. The molecule has 1 amide bonds. The maximum atomic E-state index is 13.8. The van der Waals surface area contributed by atoms with Crippen LogP contribution in [0.2, 0.25) is 0 Å². The molecule has 8 nitrogen and oxygen atoms in total. The molecule has 1 N–H and O–H groups in total. The van der Waals surface area contributed by atoms with Gasteiger partial charge >= 0.3 is 223 Å². The molecule has 37 heavy (non-hydrogen) atoms. The van der Waals surface area contributed by atoms with Crippen molar-refractivity contribution in [1.29, 1.82) is 0 Å². The van der Waals surface area contributed by atoms with Crippen molar-refractivity contribution in [2.24, 2.45) is 0 Å². The first-order valence-corrected chi connectivity index (χ1v) is 15.0. The Kier molecular flexibility index (Phi) is 9.51. The summed E-state index contributed by atoms with van der Waals surface area (Å²) in [6.07, 6.45) is -0.574. The van der Waals surface area contributed by atoms with E-state index in [4.69, 9.17) is 13.8 Å². The van der Waals surface area contributed by atoms with Crippen LogP contribution in [0.4, 0.5) is 0 Å². The summed E-state index contributed by atoms with van der Waals surface area (Å²) in [5, 5.41) is 2.94. The van der Waals surface area contributed by atoms with E-state index < -0.39 is 26.6 Å². The van der Waals surface area contributed by atoms with Gasteiger partial charge in [0.1, 0.15) is 0 Å². The summed E-state index contributed by atoms with van der Waals surface area (Å²) in [7, 11) is -2.25. The van der Waals surface area contributed by atoms with Crippen LogP contribution in [0.5, 0.6) is 0 Å². The Morgan fingerprint density at radius 2 is 1.59 bits per heavy atom. The fraction of sp³-hybridized carbons (Fsp3) is 0.370. The molecule has 0 saturated carbocycles. The predicted molar refractivity (Wildman–Crippen MR) is 146 cm³/mol. The number of Topliss-reactive ketones (excluding diaryl/α,β-unsaturated/α-hetero) is 1. The standard InChI is InChI=1S/C27H33N2O6PS/c1-4-33-36(34-5-2)28-22-25(31)29-23(21(16-18(3)30)17-37-26(22)29)27(32)35-24(19-12-8-6-9-13-19)20-14-10-7-11-15-20/h6-15,22,24,26,28H,4-5,16-17,36H2,1-3H3. The molecule has 0 aromatic heterocycles. The molecule has 2 aliphatic rings. The number of hydrogen-bond acceptors (Lipinski definition) is 8. The van der Waals surface area contributed by atoms with Crippen molar-refractivity contribution in [1.82, 2.24) is 9.99 Å². The van der Waals surface area contributed by atoms with Crippen LogP contribution >= 0.6 is 20.3 Å². The molecular formula is C27H33N2O6PS. The number of amides is 1. The van der Waals surface area contributed by atoms with Gasteiger partial charge in [0.05, 0.1) is 0 Å². The van der Waals surface area contributed by atoms with E-state index in [1.807, 2.05) is 74.5 Å². The molecule has 4 rings (SSSR count). The average Bonchev–Trinajstić information content (AvgIpc) is 2.90. The molecular weight excluding hydrogens is 511 g/mol. The molecule has 2 aromatic carbocycles. The second kappa shape index (κ2) is 12.8. The number of carbonyl (C=O) groups excluding carboxylic acids is 3. The molecule has 1 fully saturated rings. The minimum atomic E-state index is -2.25. The van der Waals surface area contributed by atoms with Crippen LogP contribution in [0.1, 0.15) is 44.4 Å². The average molecular weight is 545 g/mol. The molecule has 10 heteroatoms. The van der Waals surface area contributed by atoms with Gasteiger partial charge in [0.2, 0.25) is 0 Å². The van der Waals surface area contributed by atoms with E-state index in [2.05, 4.69) is 5.09 Å². The van der Waals surface area contributed by atoms with Crippen LogP contribution in [0.25, 0.3) is 0 Å². The van der Waals surface area contributed by atoms with Crippen LogP contribution in [0, 0.1) is 0 Å². The number of esters is 1. The van der Waals surface area contributed by atoms with Crippen LogP contribution < -0.4 is 5.09 Å². The van der Waals surface area contributed by atoms with E-state index in [1.54, 1.807) is 0 Å². The Balaban J connectivity index is 1.62. The summed E-state index contributed by atoms with van der Waals surface area (Å²) in [5.74, 6) is -0.495. The van der Waals surface area contributed by atoms with Crippen molar-refractivity contribution in [3.8, 4) is 0 Å². The van der Waals surface area contributed by atoms with Crippen LogP contribution in [0.3, 0.4) is 0 Å². The molecule has 198 valence electrons. The zero-order valence-corrected chi connectivity index (χ0v) is 23.2. The number of ether oxygens (including phenoxy) is 1. The molecule has 0 spiro atoms. The summed E-state index contributed by atoms with van der Waals surface area (Å²) < 4.78 is 17.5. The van der Waals surface area contributed by atoms with Crippen molar-refractivity contribution in [2.45, 2.75) is 44.7 Å². The van der Waals surface area contributed by atoms with Crippen molar-refractivity contribution < 1.29 is 28.2 Å². The van der Waals surface area contributed by atoms with Gasteiger partial charge in [0, 0.05) is 0 Å². The van der Waals surface area contributed by atoms with Crippen molar-refractivity contribution >= 4 is 37.9 Å². The Morgan fingerprint density at radius 3 is 2.11 bits per heavy atom. The maximum absolute atomic E-state index is 13.8. The number of fused-ring (bicyclic) bond motifs is 1. The van der Waals surface area contributed by atoms with E-state index in [1.165, 1.54) is 23.6 Å². The Morgan fingerprint density at radius 1 is 1.03 bits per heavy atom. The third-order valence-corrected chi connectivity index (χ3v) is 9.33. The molecule has 1 saturated heterocycles. The number of nitrogens with zero attached hydrogens (tertiary/aromatic N) is 1. The number of nitrogens with one attached hydrogen (secondary N) is 1. The molecule has 2 heterocycles. The summed E-state index contributed by atoms with van der Waals surface area (Å²) in [4.78, 5) is 40.6. The van der Waals surface area contributed by atoms with Gasteiger partial charge in [-0.25, -0.2) is 0 Å². The molecule has 0 aliphatic carbocycles. The van der Waals surface area contributed by atoms with E-state index >= 15 is 0 Å². The SMILES string of the molecule is CCO[PH2](NC1C(=O)N2C(C(=O)OC(c3ccccc3)c3ccccc3)=C(CC(C)=O)CSC12)OCC. The van der Waals surface area contributed by atoms with Gasteiger partial charge in [-0.2, -0.15) is 0 Å².